The zero-order valence-electron chi connectivity index (χ0n) is 17.2. The van der Waals surface area contributed by atoms with Gasteiger partial charge in [-0.05, 0) is 73.6 Å². The zero-order chi connectivity index (χ0) is 19.7. The maximum Gasteiger partial charge on any atom is 0.268 e. The summed E-state index contributed by atoms with van der Waals surface area (Å²) in [6, 6.07) is 10.6. The van der Waals surface area contributed by atoms with Gasteiger partial charge in [-0.3, -0.25) is 4.79 Å². The monoisotopic (exact) mass is 397 g/mol. The van der Waals surface area contributed by atoms with E-state index in [1.54, 1.807) is 0 Å². The van der Waals surface area contributed by atoms with Crippen molar-refractivity contribution in [2.24, 2.45) is 13.0 Å². The van der Waals surface area contributed by atoms with Crippen molar-refractivity contribution >= 4 is 17.9 Å². The van der Waals surface area contributed by atoms with Gasteiger partial charge in [0.2, 0.25) is 0 Å². The molecule has 1 saturated carbocycles. The van der Waals surface area contributed by atoms with Crippen molar-refractivity contribution in [1.82, 2.24) is 14.2 Å². The molecule has 28 heavy (non-hydrogen) atoms. The maximum absolute atomic E-state index is 12.9. The van der Waals surface area contributed by atoms with Crippen LogP contribution in [0.2, 0.25) is 0 Å². The molecule has 1 N–H and O–H groups in total. The Morgan fingerprint density at radius 3 is 2.61 bits per heavy atom. The van der Waals surface area contributed by atoms with Gasteiger partial charge in [0.1, 0.15) is 5.69 Å². The molecule has 0 spiro atoms. The van der Waals surface area contributed by atoms with Gasteiger partial charge in [0.15, 0.2) is 0 Å². The Balaban J connectivity index is 1.42. The van der Waals surface area contributed by atoms with E-state index in [0.29, 0.717) is 12.5 Å². The number of nitrogens with zero attached hydrogens (tertiary/aromatic N) is 2. The summed E-state index contributed by atoms with van der Waals surface area (Å²) in [5, 5.41) is 3.15. The summed E-state index contributed by atoms with van der Waals surface area (Å²) >= 11 is 1.81. The van der Waals surface area contributed by atoms with Gasteiger partial charge in [0.05, 0.1) is 0 Å². The molecule has 4 nitrogen and oxygen atoms in total. The van der Waals surface area contributed by atoms with Gasteiger partial charge in [-0.25, -0.2) is 4.31 Å². The van der Waals surface area contributed by atoms with Crippen LogP contribution in [0.5, 0.6) is 0 Å². The minimum absolute atomic E-state index is 0.00955. The van der Waals surface area contributed by atoms with Gasteiger partial charge in [0.25, 0.3) is 5.91 Å². The van der Waals surface area contributed by atoms with Crippen LogP contribution in [-0.2, 0) is 13.6 Å². The molecule has 1 aromatic carbocycles. The SMILES string of the molecule is Cc1c(SN2CCC(C)CC2)cc(C(=O)NCc2ccccc2C2CC2)n1C. The molecular weight excluding hydrogens is 366 g/mol. The minimum atomic E-state index is 0.00955. The maximum atomic E-state index is 12.9. The molecule has 1 aliphatic heterocycles. The van der Waals surface area contributed by atoms with Crippen molar-refractivity contribution < 1.29 is 4.79 Å². The Labute approximate surface area is 172 Å². The zero-order valence-corrected chi connectivity index (χ0v) is 18.0. The molecule has 0 radical (unpaired) electrons. The van der Waals surface area contributed by atoms with E-state index in [9.17, 15) is 4.79 Å². The van der Waals surface area contributed by atoms with Crippen molar-refractivity contribution in [3.05, 3.63) is 52.8 Å². The van der Waals surface area contributed by atoms with Crippen LogP contribution in [0.4, 0.5) is 0 Å². The number of amides is 1. The third-order valence-electron chi connectivity index (χ3n) is 6.20. The summed E-state index contributed by atoms with van der Waals surface area (Å²) in [4.78, 5) is 14.1. The molecule has 150 valence electrons. The molecule has 4 rings (SSSR count). The van der Waals surface area contributed by atoms with Crippen molar-refractivity contribution in [1.29, 1.82) is 0 Å². The first kappa shape index (κ1) is 19.6. The molecule has 0 atom stereocenters. The normalized spacial score (nSPS) is 18.4. The van der Waals surface area contributed by atoms with Gasteiger partial charge in [-0.2, -0.15) is 0 Å². The lowest BCUT2D eigenvalue weighted by Crippen LogP contribution is -2.27. The van der Waals surface area contributed by atoms with E-state index < -0.39 is 0 Å². The molecule has 5 heteroatoms. The standard InChI is InChI=1S/C23H31N3OS/c1-16-10-12-26(13-11-16)28-22-14-21(25(3)17(22)2)23(27)24-15-19-6-4-5-7-20(19)18-8-9-18/h4-7,14,16,18H,8-13,15H2,1-3H3,(H,24,27). The van der Waals surface area contributed by atoms with Gasteiger partial charge in [-0.15, -0.1) is 0 Å². The second kappa shape index (κ2) is 8.34. The molecule has 2 aromatic rings. The van der Waals surface area contributed by atoms with Crippen LogP contribution in [0.3, 0.4) is 0 Å². The summed E-state index contributed by atoms with van der Waals surface area (Å²) in [5.41, 5.74) is 4.56. The Kier molecular flexibility index (Phi) is 5.83. The highest BCUT2D eigenvalue weighted by Crippen LogP contribution is 2.41. The summed E-state index contributed by atoms with van der Waals surface area (Å²) in [5.74, 6) is 1.53. The van der Waals surface area contributed by atoms with E-state index in [1.807, 2.05) is 23.6 Å². The third-order valence-corrected chi connectivity index (χ3v) is 7.44. The van der Waals surface area contributed by atoms with Crippen LogP contribution in [0.15, 0.2) is 35.2 Å². The van der Waals surface area contributed by atoms with Crippen molar-refractivity contribution in [3.8, 4) is 0 Å². The number of piperidine rings is 1. The molecule has 2 aliphatic rings. The highest BCUT2D eigenvalue weighted by molar-refractivity contribution is 7.97. The molecule has 2 heterocycles. The second-order valence-electron chi connectivity index (χ2n) is 8.40. The van der Waals surface area contributed by atoms with Crippen molar-refractivity contribution in [2.75, 3.05) is 13.1 Å². The van der Waals surface area contributed by atoms with E-state index in [2.05, 4.69) is 53.8 Å². The van der Waals surface area contributed by atoms with Crippen LogP contribution in [0, 0.1) is 12.8 Å². The van der Waals surface area contributed by atoms with Gasteiger partial charge in [-0.1, -0.05) is 31.2 Å². The summed E-state index contributed by atoms with van der Waals surface area (Å²) < 4.78 is 4.47. The Hall–Kier alpha value is -1.72. The lowest BCUT2D eigenvalue weighted by molar-refractivity contribution is 0.0942. The third kappa shape index (κ3) is 4.31. The van der Waals surface area contributed by atoms with Crippen LogP contribution >= 0.6 is 11.9 Å². The van der Waals surface area contributed by atoms with Crippen LogP contribution in [0.1, 0.15) is 65.8 Å². The van der Waals surface area contributed by atoms with Crippen molar-refractivity contribution in [3.63, 3.8) is 0 Å². The van der Waals surface area contributed by atoms with Crippen molar-refractivity contribution in [2.45, 2.75) is 56.9 Å². The fourth-order valence-electron chi connectivity index (χ4n) is 3.95. The molecule has 1 aromatic heterocycles. The van der Waals surface area contributed by atoms with Crippen LogP contribution in [0.25, 0.3) is 0 Å². The summed E-state index contributed by atoms with van der Waals surface area (Å²) in [7, 11) is 1.99. The molecule has 1 aliphatic carbocycles. The number of aromatic nitrogens is 1. The largest absolute Gasteiger partial charge is 0.347 e. The average molecular weight is 398 g/mol. The van der Waals surface area contributed by atoms with Gasteiger partial charge < -0.3 is 9.88 Å². The molecule has 0 bridgehead atoms. The Morgan fingerprint density at radius 2 is 1.89 bits per heavy atom. The highest BCUT2D eigenvalue weighted by Gasteiger charge is 2.26. The lowest BCUT2D eigenvalue weighted by atomic mass is 10.0. The lowest BCUT2D eigenvalue weighted by Gasteiger charge is -2.28. The fraction of sp³-hybridized carbons (Fsp3) is 0.522. The number of rotatable bonds is 6. The number of carbonyl (C=O) groups excluding carboxylic acids is 1. The summed E-state index contributed by atoms with van der Waals surface area (Å²) in [6.45, 7) is 7.29. The first-order valence-electron chi connectivity index (χ1n) is 10.5. The van der Waals surface area contributed by atoms with E-state index >= 15 is 0 Å². The number of hydrogen-bond donors (Lipinski definition) is 1. The number of carbonyl (C=O) groups is 1. The van der Waals surface area contributed by atoms with E-state index in [4.69, 9.17) is 0 Å². The number of hydrogen-bond acceptors (Lipinski definition) is 3. The fourth-order valence-corrected chi connectivity index (χ4v) is 5.06. The molecule has 0 unspecified atom stereocenters. The number of benzene rings is 1. The predicted molar refractivity (Wildman–Crippen MR) is 116 cm³/mol. The summed E-state index contributed by atoms with van der Waals surface area (Å²) in [6.07, 6.45) is 5.06. The van der Waals surface area contributed by atoms with E-state index in [-0.39, 0.29) is 5.91 Å². The van der Waals surface area contributed by atoms with Crippen LogP contribution in [-0.4, -0.2) is 27.9 Å². The van der Waals surface area contributed by atoms with Gasteiger partial charge in [0, 0.05) is 37.3 Å². The Bertz CT molecular complexity index is 848. The predicted octanol–water partition coefficient (Wildman–Crippen LogP) is 4.88. The van der Waals surface area contributed by atoms with Gasteiger partial charge >= 0.3 is 0 Å². The van der Waals surface area contributed by atoms with Crippen LogP contribution < -0.4 is 5.32 Å². The Morgan fingerprint density at radius 1 is 1.18 bits per heavy atom. The molecular formula is C23H31N3OS. The second-order valence-corrected chi connectivity index (χ2v) is 9.54. The molecule has 1 saturated heterocycles. The number of nitrogens with one attached hydrogen (secondary N) is 1. The highest BCUT2D eigenvalue weighted by atomic mass is 32.2. The van der Waals surface area contributed by atoms with E-state index in [1.165, 1.54) is 41.7 Å². The first-order valence-corrected chi connectivity index (χ1v) is 11.3. The first-order chi connectivity index (χ1) is 13.5. The molecule has 2 fully saturated rings. The van der Waals surface area contributed by atoms with E-state index in [0.717, 1.165) is 30.4 Å². The molecule has 1 amide bonds. The smallest absolute Gasteiger partial charge is 0.268 e. The topological polar surface area (TPSA) is 37.3 Å². The quantitative estimate of drug-likeness (QED) is 0.706. The minimum Gasteiger partial charge on any atom is -0.347 e. The average Bonchev–Trinajstić information content (AvgIpc) is 3.51.